The Morgan fingerprint density at radius 3 is 2.95 bits per heavy atom. The fourth-order valence-electron chi connectivity index (χ4n) is 1.89. The van der Waals surface area contributed by atoms with Crippen LogP contribution in [0.2, 0.25) is 5.02 Å². The number of hydrogen-bond donors (Lipinski definition) is 1. The molecule has 1 unspecified atom stereocenters. The Morgan fingerprint density at radius 1 is 1.55 bits per heavy atom. The van der Waals surface area contributed by atoms with E-state index in [-0.39, 0.29) is 12.5 Å². The zero-order valence-corrected chi connectivity index (χ0v) is 12.4. The normalized spacial score (nSPS) is 18.1. The van der Waals surface area contributed by atoms with Gasteiger partial charge in [-0.05, 0) is 30.7 Å². The highest BCUT2D eigenvalue weighted by Gasteiger charge is 2.34. The zero-order chi connectivity index (χ0) is 14.7. The number of amides is 1. The van der Waals surface area contributed by atoms with E-state index in [9.17, 15) is 9.59 Å². The molecule has 0 radical (unpaired) electrons. The van der Waals surface area contributed by atoms with E-state index >= 15 is 0 Å². The van der Waals surface area contributed by atoms with E-state index in [1.807, 2.05) is 6.92 Å². The van der Waals surface area contributed by atoms with Crippen molar-refractivity contribution in [2.24, 2.45) is 0 Å². The van der Waals surface area contributed by atoms with Gasteiger partial charge in [0.25, 0.3) is 5.91 Å². The van der Waals surface area contributed by atoms with Gasteiger partial charge in [-0.15, -0.1) is 11.8 Å². The molecule has 108 valence electrons. The second-order valence-electron chi connectivity index (χ2n) is 4.42. The van der Waals surface area contributed by atoms with Crippen molar-refractivity contribution in [1.29, 1.82) is 0 Å². The fraction of sp³-hybridized carbons (Fsp3) is 0.385. The minimum Gasteiger partial charge on any atom is -0.483 e. The molecule has 0 bridgehead atoms. The molecule has 7 heteroatoms. The van der Waals surface area contributed by atoms with Gasteiger partial charge < -0.3 is 14.7 Å². The average Bonchev–Trinajstić information content (AvgIpc) is 2.86. The van der Waals surface area contributed by atoms with E-state index in [4.69, 9.17) is 21.4 Å². The average molecular weight is 316 g/mol. The van der Waals surface area contributed by atoms with E-state index in [0.29, 0.717) is 22.4 Å². The van der Waals surface area contributed by atoms with Crippen LogP contribution in [-0.4, -0.2) is 46.2 Å². The first kappa shape index (κ1) is 15.0. The number of halogens is 1. The van der Waals surface area contributed by atoms with Crippen LogP contribution in [0.1, 0.15) is 5.56 Å². The van der Waals surface area contributed by atoms with Crippen LogP contribution in [0.3, 0.4) is 0 Å². The first-order valence-electron chi connectivity index (χ1n) is 5.98. The molecule has 0 saturated carbocycles. The lowest BCUT2D eigenvalue weighted by atomic mass is 10.2. The van der Waals surface area contributed by atoms with Crippen molar-refractivity contribution in [3.05, 3.63) is 28.8 Å². The molecule has 0 aliphatic carbocycles. The van der Waals surface area contributed by atoms with Gasteiger partial charge in [0.15, 0.2) is 6.61 Å². The molecule has 1 saturated heterocycles. The maximum Gasteiger partial charge on any atom is 0.327 e. The Morgan fingerprint density at radius 2 is 2.30 bits per heavy atom. The topological polar surface area (TPSA) is 66.8 Å². The Bertz CT molecular complexity index is 537. The van der Waals surface area contributed by atoms with Gasteiger partial charge in [0.2, 0.25) is 0 Å². The second kappa shape index (κ2) is 6.37. The summed E-state index contributed by atoms with van der Waals surface area (Å²) in [6.07, 6.45) is 0. The van der Waals surface area contributed by atoms with E-state index in [1.165, 1.54) is 16.7 Å². The third kappa shape index (κ3) is 3.37. The number of benzene rings is 1. The number of hydrogen-bond acceptors (Lipinski definition) is 4. The zero-order valence-electron chi connectivity index (χ0n) is 10.8. The smallest absolute Gasteiger partial charge is 0.327 e. The van der Waals surface area contributed by atoms with Crippen LogP contribution in [0.15, 0.2) is 18.2 Å². The third-order valence-corrected chi connectivity index (χ3v) is 4.22. The van der Waals surface area contributed by atoms with Gasteiger partial charge in [-0.2, -0.15) is 0 Å². The number of aliphatic carboxylic acids is 1. The van der Waals surface area contributed by atoms with Crippen molar-refractivity contribution >= 4 is 35.2 Å². The lowest BCUT2D eigenvalue weighted by Crippen LogP contribution is -2.43. The summed E-state index contributed by atoms with van der Waals surface area (Å²) in [6.45, 7) is 1.66. The monoisotopic (exact) mass is 315 g/mol. The van der Waals surface area contributed by atoms with Gasteiger partial charge >= 0.3 is 5.97 Å². The first-order chi connectivity index (χ1) is 9.49. The fourth-order valence-corrected chi connectivity index (χ4v) is 3.29. The highest BCUT2D eigenvalue weighted by Crippen LogP contribution is 2.23. The van der Waals surface area contributed by atoms with Gasteiger partial charge in [-0.3, -0.25) is 4.79 Å². The number of ether oxygens (including phenoxy) is 1. The maximum atomic E-state index is 12.0. The minimum atomic E-state index is -0.981. The summed E-state index contributed by atoms with van der Waals surface area (Å²) in [6, 6.07) is 4.36. The highest BCUT2D eigenvalue weighted by atomic mass is 35.5. The molecule has 1 atom stereocenters. The molecule has 1 heterocycles. The van der Waals surface area contributed by atoms with Crippen molar-refractivity contribution in [3.63, 3.8) is 0 Å². The molecule has 1 aromatic rings. The predicted molar refractivity (Wildman–Crippen MR) is 77.3 cm³/mol. The quantitative estimate of drug-likeness (QED) is 0.920. The molecule has 2 rings (SSSR count). The van der Waals surface area contributed by atoms with Crippen LogP contribution < -0.4 is 4.74 Å². The van der Waals surface area contributed by atoms with Crippen LogP contribution in [0.5, 0.6) is 5.75 Å². The molecular weight excluding hydrogens is 302 g/mol. The molecule has 1 fully saturated rings. The van der Waals surface area contributed by atoms with E-state index in [1.54, 1.807) is 18.2 Å². The van der Waals surface area contributed by atoms with Crippen LogP contribution in [0.25, 0.3) is 0 Å². The molecule has 0 spiro atoms. The standard InChI is InChI=1S/C13H14ClNO4S/c1-8-4-9(14)2-3-11(8)19-5-12(16)15-7-20-6-10(15)13(17)18/h2-4,10H,5-7H2,1H3,(H,17,18). The van der Waals surface area contributed by atoms with Gasteiger partial charge in [-0.1, -0.05) is 11.6 Å². The van der Waals surface area contributed by atoms with Crippen LogP contribution in [0, 0.1) is 6.92 Å². The molecule has 0 aromatic heterocycles. The van der Waals surface area contributed by atoms with Crippen molar-refractivity contribution in [2.75, 3.05) is 18.2 Å². The molecule has 1 aliphatic rings. The van der Waals surface area contributed by atoms with Crippen LogP contribution in [0.4, 0.5) is 0 Å². The Kier molecular flexibility index (Phi) is 4.77. The number of carboxylic acid groups (broad SMARTS) is 1. The molecule has 1 aliphatic heterocycles. The summed E-state index contributed by atoms with van der Waals surface area (Å²) in [5.74, 6) is 0.0732. The minimum absolute atomic E-state index is 0.174. The summed E-state index contributed by atoms with van der Waals surface area (Å²) in [5, 5.41) is 9.63. The third-order valence-electron chi connectivity index (χ3n) is 2.98. The van der Waals surface area contributed by atoms with Crippen LogP contribution >= 0.6 is 23.4 Å². The summed E-state index contributed by atoms with van der Waals surface area (Å²) >= 11 is 7.26. The maximum absolute atomic E-state index is 12.0. The van der Waals surface area contributed by atoms with Gasteiger partial charge in [0.05, 0.1) is 5.88 Å². The van der Waals surface area contributed by atoms with E-state index < -0.39 is 12.0 Å². The van der Waals surface area contributed by atoms with Gasteiger partial charge in [-0.25, -0.2) is 4.79 Å². The Labute approximate surface area is 125 Å². The number of carboxylic acids is 1. The van der Waals surface area contributed by atoms with E-state index in [0.717, 1.165) is 5.56 Å². The Hall–Kier alpha value is -1.40. The van der Waals surface area contributed by atoms with E-state index in [2.05, 4.69) is 0 Å². The highest BCUT2D eigenvalue weighted by molar-refractivity contribution is 7.99. The number of thioether (sulfide) groups is 1. The molecule has 20 heavy (non-hydrogen) atoms. The molecule has 1 aromatic carbocycles. The Balaban J connectivity index is 1.96. The predicted octanol–water partition coefficient (Wildman–Crippen LogP) is 2.01. The summed E-state index contributed by atoms with van der Waals surface area (Å²) < 4.78 is 5.44. The summed E-state index contributed by atoms with van der Waals surface area (Å²) in [7, 11) is 0. The largest absolute Gasteiger partial charge is 0.483 e. The number of carbonyl (C=O) groups excluding carboxylic acids is 1. The molecule has 1 amide bonds. The summed E-state index contributed by atoms with van der Waals surface area (Å²) in [4.78, 5) is 24.4. The van der Waals surface area contributed by atoms with Crippen molar-refractivity contribution in [2.45, 2.75) is 13.0 Å². The van der Waals surface area contributed by atoms with Crippen molar-refractivity contribution in [1.82, 2.24) is 4.90 Å². The number of nitrogens with zero attached hydrogens (tertiary/aromatic N) is 1. The van der Waals surface area contributed by atoms with Gasteiger partial charge in [0.1, 0.15) is 11.8 Å². The van der Waals surface area contributed by atoms with Crippen molar-refractivity contribution < 1.29 is 19.4 Å². The SMILES string of the molecule is Cc1cc(Cl)ccc1OCC(=O)N1CSCC1C(=O)O. The second-order valence-corrected chi connectivity index (χ2v) is 5.85. The van der Waals surface area contributed by atoms with Crippen molar-refractivity contribution in [3.8, 4) is 5.75 Å². The molecule has 5 nitrogen and oxygen atoms in total. The lowest BCUT2D eigenvalue weighted by molar-refractivity contribution is -0.148. The summed E-state index contributed by atoms with van der Waals surface area (Å²) in [5.41, 5.74) is 0.830. The lowest BCUT2D eigenvalue weighted by Gasteiger charge is -2.20. The number of carbonyl (C=O) groups is 2. The molecular formula is C13H14ClNO4S. The molecule has 1 N–H and O–H groups in total. The first-order valence-corrected chi connectivity index (χ1v) is 7.51. The van der Waals surface area contributed by atoms with Gasteiger partial charge in [0, 0.05) is 10.8 Å². The van der Waals surface area contributed by atoms with Crippen LogP contribution in [-0.2, 0) is 9.59 Å². The number of rotatable bonds is 4. The number of aryl methyl sites for hydroxylation is 1.